The van der Waals surface area contributed by atoms with Crippen molar-refractivity contribution in [2.24, 2.45) is 0 Å². The third-order valence-corrected chi connectivity index (χ3v) is 6.97. The highest BCUT2D eigenvalue weighted by Crippen LogP contribution is 2.33. The molecule has 8 heteroatoms. The molecule has 31 heavy (non-hydrogen) atoms. The Hall–Kier alpha value is -3.39. The molecule has 156 valence electrons. The molecule has 1 fully saturated rings. The molecule has 1 aliphatic carbocycles. The topological polar surface area (TPSA) is 95.1 Å². The number of rotatable bonds is 3. The Labute approximate surface area is 180 Å². The van der Waals surface area contributed by atoms with E-state index in [2.05, 4.69) is 0 Å². The van der Waals surface area contributed by atoms with Crippen LogP contribution in [0.2, 0.25) is 0 Å². The highest BCUT2D eigenvalue weighted by Gasteiger charge is 2.25. The molecule has 0 unspecified atom stereocenters. The molecule has 0 spiro atoms. The lowest BCUT2D eigenvalue weighted by atomic mass is 9.94. The van der Waals surface area contributed by atoms with E-state index >= 15 is 0 Å². The molecule has 0 amide bonds. The van der Waals surface area contributed by atoms with Crippen LogP contribution in [0.25, 0.3) is 31.7 Å². The molecule has 4 aromatic rings. The van der Waals surface area contributed by atoms with Gasteiger partial charge in [0.1, 0.15) is 16.0 Å². The molecule has 1 saturated carbocycles. The third kappa shape index (κ3) is 3.33. The summed E-state index contributed by atoms with van der Waals surface area (Å²) < 4.78 is 2.37. The van der Waals surface area contributed by atoms with E-state index in [4.69, 9.17) is 4.98 Å². The molecule has 0 radical (unpaired) electrons. The van der Waals surface area contributed by atoms with Crippen molar-refractivity contribution < 1.29 is 4.92 Å². The molecule has 2 heterocycles. The molecule has 0 N–H and O–H groups in total. The zero-order chi connectivity index (χ0) is 21.5. The fourth-order valence-electron chi connectivity index (χ4n) is 4.40. The summed E-state index contributed by atoms with van der Waals surface area (Å²) in [6, 6.07) is 13.3. The van der Waals surface area contributed by atoms with Crippen molar-refractivity contribution in [2.45, 2.75) is 38.1 Å². The first-order valence-electron chi connectivity index (χ1n) is 10.3. The second-order valence-corrected chi connectivity index (χ2v) is 8.85. The fraction of sp³-hybridized carbons (Fsp3) is 0.261. The van der Waals surface area contributed by atoms with Crippen LogP contribution in [0.5, 0.6) is 0 Å². The fourth-order valence-corrected chi connectivity index (χ4v) is 5.44. The average molecular weight is 433 g/mol. The zero-order valence-electron chi connectivity index (χ0n) is 16.6. The Balaban J connectivity index is 1.87. The van der Waals surface area contributed by atoms with Crippen LogP contribution in [-0.2, 0) is 0 Å². The van der Waals surface area contributed by atoms with Crippen LogP contribution >= 0.6 is 11.3 Å². The van der Waals surface area contributed by atoms with E-state index in [1.807, 2.05) is 12.1 Å². The summed E-state index contributed by atoms with van der Waals surface area (Å²) in [5.74, 6) is 0.388. The lowest BCUT2D eigenvalue weighted by molar-refractivity contribution is -0.384. The highest BCUT2D eigenvalue weighted by atomic mass is 32.1. The molecular formula is C23H19N3O4S. The largest absolute Gasteiger partial charge is 0.289 e. The number of hydrogen-bond acceptors (Lipinski definition) is 6. The number of hydrogen-bond donors (Lipinski definition) is 0. The summed E-state index contributed by atoms with van der Waals surface area (Å²) >= 11 is 1.30. The van der Waals surface area contributed by atoms with Gasteiger partial charge in [-0.3, -0.25) is 24.3 Å². The van der Waals surface area contributed by atoms with Crippen LogP contribution in [0.15, 0.2) is 58.1 Å². The van der Waals surface area contributed by atoms with Gasteiger partial charge in [-0.25, -0.2) is 4.98 Å². The summed E-state index contributed by atoms with van der Waals surface area (Å²) in [4.78, 5) is 42.9. The summed E-state index contributed by atoms with van der Waals surface area (Å²) in [6.07, 6.45) is 4.74. The predicted octanol–water partition coefficient (Wildman–Crippen LogP) is 5.05. The number of nitrogens with zero attached hydrogens (tertiary/aromatic N) is 3. The van der Waals surface area contributed by atoms with Gasteiger partial charge >= 0.3 is 0 Å². The SMILES string of the molecule is O=c1c2ccccc2sc2nc(-c3cccc([N+](=O)[O-])c3)n(C3CCCCC3)c(=O)c12. The predicted molar refractivity (Wildman–Crippen MR) is 122 cm³/mol. The Morgan fingerprint density at radius 3 is 2.58 bits per heavy atom. The van der Waals surface area contributed by atoms with E-state index < -0.39 is 4.92 Å². The second-order valence-electron chi connectivity index (χ2n) is 7.82. The minimum atomic E-state index is -0.459. The second kappa shape index (κ2) is 7.70. The standard InChI is InChI=1S/C23H19N3O4S/c27-20-17-11-4-5-12-18(17)31-22-19(20)23(28)25(15-8-2-1-3-9-15)21(24-22)14-7-6-10-16(13-14)26(29)30/h4-7,10-13,15H,1-3,8-9H2. The molecule has 7 nitrogen and oxygen atoms in total. The Bertz CT molecular complexity index is 1450. The number of non-ortho nitro benzene ring substituents is 1. The van der Waals surface area contributed by atoms with Crippen LogP contribution in [0, 0.1) is 10.1 Å². The molecule has 0 atom stereocenters. The summed E-state index contributed by atoms with van der Waals surface area (Å²) in [5.41, 5.74) is -0.220. The minimum Gasteiger partial charge on any atom is -0.289 e. The number of nitro groups is 1. The van der Waals surface area contributed by atoms with Crippen molar-refractivity contribution in [3.63, 3.8) is 0 Å². The number of aromatic nitrogens is 2. The van der Waals surface area contributed by atoms with Crippen LogP contribution in [0.4, 0.5) is 5.69 Å². The Morgan fingerprint density at radius 2 is 1.81 bits per heavy atom. The molecule has 2 aromatic carbocycles. The van der Waals surface area contributed by atoms with Gasteiger partial charge in [-0.1, -0.05) is 43.5 Å². The van der Waals surface area contributed by atoms with Gasteiger partial charge in [-0.05, 0) is 25.0 Å². The summed E-state index contributed by atoms with van der Waals surface area (Å²) in [5, 5.41) is 11.9. The van der Waals surface area contributed by atoms with E-state index in [1.54, 1.807) is 28.8 Å². The van der Waals surface area contributed by atoms with Crippen LogP contribution in [0.1, 0.15) is 38.1 Å². The quantitative estimate of drug-likeness (QED) is 0.256. The minimum absolute atomic E-state index is 0.0614. The lowest BCUT2D eigenvalue weighted by Gasteiger charge is -2.26. The zero-order valence-corrected chi connectivity index (χ0v) is 17.4. The molecule has 2 aromatic heterocycles. The van der Waals surface area contributed by atoms with Crippen molar-refractivity contribution in [2.75, 3.05) is 0 Å². The molecule has 5 rings (SSSR count). The smallest absolute Gasteiger partial charge is 0.270 e. The summed E-state index contributed by atoms with van der Waals surface area (Å²) in [7, 11) is 0. The molecule has 0 bridgehead atoms. The maximum absolute atomic E-state index is 13.7. The van der Waals surface area contributed by atoms with E-state index in [0.29, 0.717) is 21.6 Å². The molecule has 0 aliphatic heterocycles. The van der Waals surface area contributed by atoms with Crippen molar-refractivity contribution in [1.29, 1.82) is 0 Å². The van der Waals surface area contributed by atoms with E-state index in [-0.39, 0.29) is 28.1 Å². The van der Waals surface area contributed by atoms with E-state index in [0.717, 1.165) is 36.8 Å². The first-order chi connectivity index (χ1) is 15.0. The van der Waals surface area contributed by atoms with Crippen LogP contribution in [0.3, 0.4) is 0 Å². The van der Waals surface area contributed by atoms with Crippen molar-refractivity contribution in [3.05, 3.63) is 79.2 Å². The van der Waals surface area contributed by atoms with Gasteiger partial charge < -0.3 is 0 Å². The van der Waals surface area contributed by atoms with E-state index in [1.165, 1.54) is 23.5 Å². The van der Waals surface area contributed by atoms with Gasteiger partial charge in [-0.15, -0.1) is 11.3 Å². The Kier molecular flexibility index (Phi) is 4.86. The van der Waals surface area contributed by atoms with Gasteiger partial charge in [0.15, 0.2) is 0 Å². The monoisotopic (exact) mass is 433 g/mol. The van der Waals surface area contributed by atoms with Crippen molar-refractivity contribution in [3.8, 4) is 11.4 Å². The highest BCUT2D eigenvalue weighted by molar-refractivity contribution is 7.24. The number of nitro benzene ring substituents is 1. The Morgan fingerprint density at radius 1 is 1.03 bits per heavy atom. The maximum Gasteiger partial charge on any atom is 0.270 e. The van der Waals surface area contributed by atoms with Crippen molar-refractivity contribution >= 4 is 37.3 Å². The summed E-state index contributed by atoms with van der Waals surface area (Å²) in [6.45, 7) is 0. The van der Waals surface area contributed by atoms with Gasteiger partial charge in [0.05, 0.1) is 4.92 Å². The van der Waals surface area contributed by atoms with Crippen molar-refractivity contribution in [1.82, 2.24) is 9.55 Å². The molecule has 0 saturated heterocycles. The molecular weight excluding hydrogens is 414 g/mol. The van der Waals surface area contributed by atoms with Gasteiger partial charge in [0, 0.05) is 33.8 Å². The molecule has 1 aliphatic rings. The lowest BCUT2D eigenvalue weighted by Crippen LogP contribution is -2.31. The number of benzene rings is 2. The third-order valence-electron chi connectivity index (χ3n) is 5.90. The number of fused-ring (bicyclic) bond motifs is 2. The van der Waals surface area contributed by atoms with Gasteiger partial charge in [0.25, 0.3) is 11.2 Å². The van der Waals surface area contributed by atoms with Crippen LogP contribution in [-0.4, -0.2) is 14.5 Å². The van der Waals surface area contributed by atoms with E-state index in [9.17, 15) is 19.7 Å². The first kappa shape index (κ1) is 19.6. The van der Waals surface area contributed by atoms with Gasteiger partial charge in [-0.2, -0.15) is 0 Å². The van der Waals surface area contributed by atoms with Crippen LogP contribution < -0.4 is 11.0 Å². The first-order valence-corrected chi connectivity index (χ1v) is 11.1. The normalized spacial score (nSPS) is 14.8. The maximum atomic E-state index is 13.7. The van der Waals surface area contributed by atoms with Gasteiger partial charge in [0.2, 0.25) is 5.43 Å². The average Bonchev–Trinajstić information content (AvgIpc) is 2.79.